The number of hydrogen-bond acceptors (Lipinski definition) is 10. The van der Waals surface area contributed by atoms with Crippen molar-refractivity contribution in [3.63, 3.8) is 0 Å². The lowest BCUT2D eigenvalue weighted by Crippen LogP contribution is -2.60. The molecule has 1 amide bonds. The molecule has 0 aliphatic carbocycles. The van der Waals surface area contributed by atoms with Gasteiger partial charge in [0, 0.05) is 12.8 Å². The number of unbranched alkanes of at least 4 members (excludes halogenated alkanes) is 56. The van der Waals surface area contributed by atoms with Gasteiger partial charge in [-0.1, -0.05) is 384 Å². The fourth-order valence-electron chi connectivity index (χ4n) is 13.3. The van der Waals surface area contributed by atoms with E-state index in [0.29, 0.717) is 19.4 Å². The zero-order valence-corrected chi connectivity index (χ0v) is 62.0. The van der Waals surface area contributed by atoms with Gasteiger partial charge in [-0.05, 0) is 57.8 Å². The maximum absolute atomic E-state index is 13.1. The first-order valence-electron chi connectivity index (χ1n) is 41.3. The Morgan fingerprint density at radius 3 is 1.12 bits per heavy atom. The fourth-order valence-corrected chi connectivity index (χ4v) is 13.3. The van der Waals surface area contributed by atoms with E-state index in [4.69, 9.17) is 14.2 Å². The quantitative estimate of drug-likeness (QED) is 0.0195. The lowest BCUT2D eigenvalue weighted by Gasteiger charge is -2.40. The van der Waals surface area contributed by atoms with Gasteiger partial charge < -0.3 is 45.1 Å². The molecule has 0 radical (unpaired) electrons. The number of esters is 1. The molecule has 7 unspecified atom stereocenters. The summed E-state index contributed by atoms with van der Waals surface area (Å²) in [6.45, 7) is 4.33. The standard InChI is InChI=1S/C83H157NO10/c1-3-5-7-9-11-13-15-17-46-49-53-57-61-65-69-76(86)75(74-93-83-82(91)81(90)80(89)77(73-85)94-83)84-78(87)70-66-62-58-54-50-47-43-41-39-37-35-33-31-29-27-25-23-21-19-18-20-22-24-26-28-30-32-34-36-38-40-42-44-48-52-56-60-64-68-72-92-79(88)71-67-63-59-55-51-45-16-14-12-10-8-6-4-2/h8,10,14,16,65,69,75-77,80-83,85-86,89-91H,3-7,9,11-13,15,17-64,66-68,70-74H2,1-2H3,(H,84,87)/b10-8-,16-14-,69-65+. The molecule has 1 aliphatic rings. The van der Waals surface area contributed by atoms with Gasteiger partial charge in [0.2, 0.25) is 5.91 Å². The third kappa shape index (κ3) is 59.9. The van der Waals surface area contributed by atoms with E-state index in [1.165, 1.54) is 327 Å². The number of rotatable bonds is 74. The van der Waals surface area contributed by atoms with Crippen LogP contribution in [0.4, 0.5) is 0 Å². The Hall–Kier alpha value is -2.12. The molecule has 0 aromatic rings. The summed E-state index contributed by atoms with van der Waals surface area (Å²) in [6.07, 6.45) is 84.7. The molecule has 11 heteroatoms. The number of hydrogen-bond donors (Lipinski definition) is 6. The van der Waals surface area contributed by atoms with Gasteiger partial charge in [-0.25, -0.2) is 0 Å². The third-order valence-corrected chi connectivity index (χ3v) is 19.7. The van der Waals surface area contributed by atoms with Crippen molar-refractivity contribution < 1.29 is 49.3 Å². The molecule has 554 valence electrons. The zero-order chi connectivity index (χ0) is 67.9. The minimum Gasteiger partial charge on any atom is -0.466 e. The van der Waals surface area contributed by atoms with E-state index >= 15 is 0 Å². The molecule has 1 aliphatic heterocycles. The number of aliphatic hydroxyl groups is 5. The second-order valence-electron chi connectivity index (χ2n) is 28.8. The lowest BCUT2D eigenvalue weighted by molar-refractivity contribution is -0.302. The Kier molecular flexibility index (Phi) is 69.0. The summed E-state index contributed by atoms with van der Waals surface area (Å²) < 4.78 is 16.8. The molecule has 1 heterocycles. The van der Waals surface area contributed by atoms with Crippen molar-refractivity contribution in [2.45, 2.75) is 461 Å². The van der Waals surface area contributed by atoms with Crippen molar-refractivity contribution in [1.29, 1.82) is 0 Å². The van der Waals surface area contributed by atoms with Crippen molar-refractivity contribution in [2.75, 3.05) is 19.8 Å². The highest BCUT2D eigenvalue weighted by Gasteiger charge is 2.44. The lowest BCUT2D eigenvalue weighted by atomic mass is 9.99. The van der Waals surface area contributed by atoms with Crippen LogP contribution >= 0.6 is 0 Å². The Balaban J connectivity index is 1.88. The number of nitrogens with one attached hydrogen (secondary N) is 1. The summed E-state index contributed by atoms with van der Waals surface area (Å²) in [5.41, 5.74) is 0. The van der Waals surface area contributed by atoms with Crippen LogP contribution in [0.3, 0.4) is 0 Å². The van der Waals surface area contributed by atoms with Gasteiger partial charge >= 0.3 is 5.97 Å². The largest absolute Gasteiger partial charge is 0.466 e. The van der Waals surface area contributed by atoms with E-state index in [0.717, 1.165) is 64.2 Å². The maximum atomic E-state index is 13.1. The van der Waals surface area contributed by atoms with Crippen LogP contribution in [0.15, 0.2) is 36.5 Å². The van der Waals surface area contributed by atoms with Crippen LogP contribution in [0.2, 0.25) is 0 Å². The van der Waals surface area contributed by atoms with Crippen LogP contribution in [-0.2, 0) is 23.8 Å². The number of ether oxygens (including phenoxy) is 3. The Morgan fingerprint density at radius 1 is 0.394 bits per heavy atom. The van der Waals surface area contributed by atoms with Crippen molar-refractivity contribution in [3.8, 4) is 0 Å². The monoisotopic (exact) mass is 1330 g/mol. The molecule has 0 aromatic carbocycles. The van der Waals surface area contributed by atoms with Crippen molar-refractivity contribution in [1.82, 2.24) is 5.32 Å². The highest BCUT2D eigenvalue weighted by Crippen LogP contribution is 2.24. The second kappa shape index (κ2) is 72.1. The van der Waals surface area contributed by atoms with Gasteiger partial charge in [0.15, 0.2) is 6.29 Å². The van der Waals surface area contributed by atoms with Crippen LogP contribution < -0.4 is 5.32 Å². The molecule has 1 rings (SSSR count). The third-order valence-electron chi connectivity index (χ3n) is 19.7. The van der Waals surface area contributed by atoms with E-state index in [9.17, 15) is 35.1 Å². The molecule has 94 heavy (non-hydrogen) atoms. The van der Waals surface area contributed by atoms with Gasteiger partial charge in [-0.15, -0.1) is 0 Å². The van der Waals surface area contributed by atoms with Gasteiger partial charge in [0.1, 0.15) is 24.4 Å². The summed E-state index contributed by atoms with van der Waals surface area (Å²) in [7, 11) is 0. The average Bonchev–Trinajstić information content (AvgIpc) is 0.844. The number of carbonyl (C=O) groups is 2. The smallest absolute Gasteiger partial charge is 0.305 e. The summed E-state index contributed by atoms with van der Waals surface area (Å²) in [5, 5.41) is 54.6. The van der Waals surface area contributed by atoms with Crippen LogP contribution in [0.1, 0.15) is 418 Å². The van der Waals surface area contributed by atoms with Gasteiger partial charge in [0.25, 0.3) is 0 Å². The highest BCUT2D eigenvalue weighted by molar-refractivity contribution is 5.76. The highest BCUT2D eigenvalue weighted by atomic mass is 16.7. The molecular weight excluding hydrogens is 1170 g/mol. The molecule has 6 N–H and O–H groups in total. The minimum atomic E-state index is -1.57. The zero-order valence-electron chi connectivity index (χ0n) is 62.0. The molecule has 0 saturated carbocycles. The Labute approximate surface area is 581 Å². The Bertz CT molecular complexity index is 1660. The van der Waals surface area contributed by atoms with E-state index in [1.54, 1.807) is 6.08 Å². The first kappa shape index (κ1) is 89.9. The summed E-state index contributed by atoms with van der Waals surface area (Å²) >= 11 is 0. The van der Waals surface area contributed by atoms with Crippen LogP contribution in [0.25, 0.3) is 0 Å². The predicted molar refractivity (Wildman–Crippen MR) is 398 cm³/mol. The van der Waals surface area contributed by atoms with Gasteiger partial charge in [0.05, 0.1) is 32.0 Å². The summed E-state index contributed by atoms with van der Waals surface area (Å²) in [5.74, 6) is -0.169. The van der Waals surface area contributed by atoms with Crippen LogP contribution in [0.5, 0.6) is 0 Å². The molecule has 1 fully saturated rings. The molecule has 1 saturated heterocycles. The molecule has 0 aromatic heterocycles. The molecular formula is C83H157NO10. The first-order valence-corrected chi connectivity index (χ1v) is 41.3. The number of allylic oxidation sites excluding steroid dienone is 5. The number of amides is 1. The number of carbonyl (C=O) groups excluding carboxylic acids is 2. The van der Waals surface area contributed by atoms with Gasteiger partial charge in [-0.3, -0.25) is 9.59 Å². The predicted octanol–water partition coefficient (Wildman–Crippen LogP) is 22.5. The van der Waals surface area contributed by atoms with Crippen molar-refractivity contribution >= 4 is 11.9 Å². The molecule has 7 atom stereocenters. The molecule has 11 nitrogen and oxygen atoms in total. The molecule has 0 spiro atoms. The van der Waals surface area contributed by atoms with Crippen LogP contribution in [-0.4, -0.2) is 100 Å². The maximum Gasteiger partial charge on any atom is 0.305 e. The Morgan fingerprint density at radius 2 is 0.734 bits per heavy atom. The van der Waals surface area contributed by atoms with Gasteiger partial charge in [-0.2, -0.15) is 0 Å². The molecule has 0 bridgehead atoms. The van der Waals surface area contributed by atoms with E-state index in [-0.39, 0.29) is 18.5 Å². The average molecular weight is 1330 g/mol. The summed E-state index contributed by atoms with van der Waals surface area (Å²) in [4.78, 5) is 25.2. The van der Waals surface area contributed by atoms with Crippen molar-refractivity contribution in [3.05, 3.63) is 36.5 Å². The number of aliphatic hydroxyl groups excluding tert-OH is 5. The summed E-state index contributed by atoms with van der Waals surface area (Å²) in [6, 6.07) is -0.805. The van der Waals surface area contributed by atoms with E-state index in [2.05, 4.69) is 43.5 Å². The van der Waals surface area contributed by atoms with Crippen LogP contribution in [0, 0.1) is 0 Å². The normalized spacial score (nSPS) is 17.5. The first-order chi connectivity index (χ1) is 46.2. The van der Waals surface area contributed by atoms with E-state index < -0.39 is 49.5 Å². The second-order valence-corrected chi connectivity index (χ2v) is 28.8. The van der Waals surface area contributed by atoms with E-state index in [1.807, 2.05) is 6.08 Å². The SMILES string of the molecule is CCC/C=C\C/C=C\CCCCCCCC(=O)OCCCCCCCCCCCCCCCCCCCCCCCCCCCCCCCCCCCCCCCCCC(=O)NC(COC1OC(CO)C(O)C(O)C1O)C(O)/C=C/CCCCCCCCCCCCCC. The van der Waals surface area contributed by atoms with Crippen molar-refractivity contribution in [2.24, 2.45) is 0 Å². The minimum absolute atomic E-state index is 0.00345. The topological polar surface area (TPSA) is 175 Å². The fraction of sp³-hybridized carbons (Fsp3) is 0.904.